The van der Waals surface area contributed by atoms with Gasteiger partial charge in [0.15, 0.2) is 6.04 Å². The van der Waals surface area contributed by atoms with Crippen LogP contribution in [0, 0.1) is 27.7 Å². The molecule has 0 radical (unpaired) electrons. The highest BCUT2D eigenvalue weighted by molar-refractivity contribution is 6.39. The van der Waals surface area contributed by atoms with Gasteiger partial charge >= 0.3 is 0 Å². The number of ketones is 1. The second kappa shape index (κ2) is 15.2. The molecule has 3 aromatic carbocycles. The van der Waals surface area contributed by atoms with Gasteiger partial charge < -0.3 is 10.0 Å². The highest BCUT2D eigenvalue weighted by Crippen LogP contribution is 2.41. The monoisotopic (exact) mass is 641 g/mol. The highest BCUT2D eigenvalue weighted by atomic mass is 16.3. The number of benzene rings is 3. The summed E-state index contributed by atoms with van der Waals surface area (Å²) >= 11 is 0. The van der Waals surface area contributed by atoms with Crippen LogP contribution in [0.1, 0.15) is 94.0 Å². The Morgan fingerprint density at radius 2 is 1.33 bits per heavy atom. The van der Waals surface area contributed by atoms with Gasteiger partial charge in [0, 0.05) is 54.0 Å². The van der Waals surface area contributed by atoms with Gasteiger partial charge in [-0.15, -0.1) is 0 Å². The lowest BCUT2D eigenvalue weighted by Gasteiger charge is -2.35. The molecule has 0 fully saturated rings. The Bertz CT molecular complexity index is 1820. The first kappa shape index (κ1) is 34.9. The Labute approximate surface area is 288 Å². The van der Waals surface area contributed by atoms with Crippen molar-refractivity contribution >= 4 is 34.1 Å². The minimum Gasteiger partial charge on any atom is -0.506 e. The number of rotatable bonds is 12. The van der Waals surface area contributed by atoms with Gasteiger partial charge in [0.1, 0.15) is 5.76 Å². The van der Waals surface area contributed by atoms with Crippen molar-refractivity contribution in [1.82, 2.24) is 0 Å². The van der Waals surface area contributed by atoms with E-state index in [9.17, 15) is 9.90 Å². The second-order valence-corrected chi connectivity index (χ2v) is 13.5. The molecule has 0 heterocycles. The van der Waals surface area contributed by atoms with Crippen LogP contribution in [0.15, 0.2) is 102 Å². The summed E-state index contributed by atoms with van der Waals surface area (Å²) in [7, 11) is 0. The highest BCUT2D eigenvalue weighted by Gasteiger charge is 2.37. The van der Waals surface area contributed by atoms with E-state index in [4.69, 9.17) is 0 Å². The van der Waals surface area contributed by atoms with E-state index in [1.54, 1.807) is 0 Å². The van der Waals surface area contributed by atoms with Crippen LogP contribution < -0.4 is 4.90 Å². The average Bonchev–Trinajstić information content (AvgIpc) is 3.07. The number of carbonyl (C=O) groups excluding carboxylic acids is 1. The molecule has 2 atom stereocenters. The molecule has 4 heteroatoms. The summed E-state index contributed by atoms with van der Waals surface area (Å²) in [6.07, 6.45) is 14.6. The molecule has 2 aliphatic rings. The SMILES string of the molecule is CCCC(CC)N(c1ccc(C2=C(O)C(=C3C=CC(=[N+](c4ccc(C)cc4C)C(CC)CCC)C=C3)C2=O)cc1)c1ccc(C)cc1C. The standard InChI is InChI=1S/C44H52N2O2/c1-9-13-35(11-3)45(39-25-15-29(5)27-31(39)7)37-21-17-33(18-22-37)41-43(47)42(44(41)48)34-19-23-38(24-20-34)46(36(12-4)14-10-2)40-26-16-30(6)28-32(40)8/h15-28,35-36H,9-14H2,1-8H3/p+1. The molecule has 0 aromatic heterocycles. The van der Waals surface area contributed by atoms with Gasteiger partial charge in [0.2, 0.25) is 17.2 Å². The van der Waals surface area contributed by atoms with Crippen LogP contribution in [0.5, 0.6) is 0 Å². The summed E-state index contributed by atoms with van der Waals surface area (Å²) in [5, 5.41) is 11.3. The number of aliphatic hydroxyl groups is 1. The van der Waals surface area contributed by atoms with E-state index in [-0.39, 0.29) is 11.5 Å². The van der Waals surface area contributed by atoms with Gasteiger partial charge in [-0.2, -0.15) is 4.58 Å². The number of anilines is 2. The van der Waals surface area contributed by atoms with Crippen LogP contribution in [-0.2, 0) is 4.79 Å². The lowest BCUT2D eigenvalue weighted by atomic mass is 9.80. The topological polar surface area (TPSA) is 43.5 Å². The lowest BCUT2D eigenvalue weighted by molar-refractivity contribution is -0.486. The number of nitrogens with zero attached hydrogens (tertiary/aromatic N) is 2. The fraction of sp³-hybridized carbons (Fsp3) is 0.364. The largest absolute Gasteiger partial charge is 0.506 e. The molecular weight excluding hydrogens is 588 g/mol. The fourth-order valence-electron chi connectivity index (χ4n) is 7.46. The fourth-order valence-corrected chi connectivity index (χ4v) is 7.46. The Morgan fingerprint density at radius 1 is 0.708 bits per heavy atom. The number of aryl methyl sites for hydroxylation is 4. The molecule has 0 amide bonds. The Kier molecular flexibility index (Phi) is 11.0. The van der Waals surface area contributed by atoms with E-state index >= 15 is 0 Å². The molecule has 48 heavy (non-hydrogen) atoms. The Balaban J connectivity index is 1.47. The summed E-state index contributed by atoms with van der Waals surface area (Å²) in [5.41, 5.74) is 11.9. The van der Waals surface area contributed by atoms with Crippen LogP contribution in [-0.4, -0.2) is 33.3 Å². The van der Waals surface area contributed by atoms with Gasteiger partial charge in [0.05, 0.1) is 11.1 Å². The first-order valence-corrected chi connectivity index (χ1v) is 17.9. The molecule has 0 bridgehead atoms. The maximum atomic E-state index is 13.6. The van der Waals surface area contributed by atoms with Crippen LogP contribution in [0.2, 0.25) is 0 Å². The zero-order valence-electron chi connectivity index (χ0n) is 30.2. The van der Waals surface area contributed by atoms with Crippen LogP contribution in [0.4, 0.5) is 17.1 Å². The number of aliphatic hydroxyl groups excluding tert-OH is 1. The molecular formula is C44H53N2O2+. The smallest absolute Gasteiger partial charge is 0.208 e. The Hall–Kier alpha value is -4.44. The molecule has 0 aliphatic heterocycles. The summed E-state index contributed by atoms with van der Waals surface area (Å²) in [5.74, 6) is -0.0342. The van der Waals surface area contributed by atoms with Crippen molar-refractivity contribution in [2.75, 3.05) is 4.90 Å². The van der Waals surface area contributed by atoms with E-state index in [2.05, 4.69) is 126 Å². The van der Waals surface area contributed by atoms with E-state index in [1.165, 1.54) is 33.6 Å². The van der Waals surface area contributed by atoms with Crippen molar-refractivity contribution in [1.29, 1.82) is 0 Å². The molecule has 0 spiro atoms. The second-order valence-electron chi connectivity index (χ2n) is 13.5. The molecule has 2 aliphatic carbocycles. The normalized spacial score (nSPS) is 15.6. The Morgan fingerprint density at radius 3 is 1.88 bits per heavy atom. The molecule has 0 saturated heterocycles. The van der Waals surface area contributed by atoms with E-state index in [1.807, 2.05) is 24.3 Å². The van der Waals surface area contributed by atoms with E-state index in [0.29, 0.717) is 23.2 Å². The lowest BCUT2D eigenvalue weighted by Crippen LogP contribution is -2.31. The number of allylic oxidation sites excluding steroid dienone is 7. The molecule has 5 rings (SSSR count). The average molecular weight is 642 g/mol. The minimum atomic E-state index is -0.111. The third-order valence-electron chi connectivity index (χ3n) is 9.94. The summed E-state index contributed by atoms with van der Waals surface area (Å²) < 4.78 is 2.45. The molecule has 250 valence electrons. The van der Waals surface area contributed by atoms with Gasteiger partial charge in [0.25, 0.3) is 0 Å². The first-order valence-electron chi connectivity index (χ1n) is 17.9. The third kappa shape index (κ3) is 6.90. The van der Waals surface area contributed by atoms with Crippen molar-refractivity contribution in [2.45, 2.75) is 106 Å². The summed E-state index contributed by atoms with van der Waals surface area (Å²) in [6.45, 7) is 17.6. The van der Waals surface area contributed by atoms with Crippen LogP contribution >= 0.6 is 0 Å². The third-order valence-corrected chi connectivity index (χ3v) is 9.94. The zero-order valence-corrected chi connectivity index (χ0v) is 30.2. The quantitative estimate of drug-likeness (QED) is 0.158. The van der Waals surface area contributed by atoms with Crippen molar-refractivity contribution in [3.63, 3.8) is 0 Å². The van der Waals surface area contributed by atoms with Crippen molar-refractivity contribution in [2.24, 2.45) is 0 Å². The van der Waals surface area contributed by atoms with Crippen LogP contribution in [0.3, 0.4) is 0 Å². The maximum absolute atomic E-state index is 13.6. The predicted octanol–water partition coefficient (Wildman–Crippen LogP) is 11.3. The van der Waals surface area contributed by atoms with E-state index in [0.717, 1.165) is 61.1 Å². The first-order chi connectivity index (χ1) is 23.1. The number of carbonyl (C=O) groups is 1. The molecule has 0 saturated carbocycles. The summed E-state index contributed by atoms with van der Waals surface area (Å²) in [6, 6.07) is 22.2. The van der Waals surface area contributed by atoms with Crippen molar-refractivity contribution in [3.05, 3.63) is 130 Å². The molecule has 4 nitrogen and oxygen atoms in total. The number of hydrogen-bond donors (Lipinski definition) is 1. The van der Waals surface area contributed by atoms with Gasteiger partial charge in [-0.25, -0.2) is 0 Å². The molecule has 1 N–H and O–H groups in total. The van der Waals surface area contributed by atoms with Gasteiger partial charge in [-0.05, 0) is 100 Å². The van der Waals surface area contributed by atoms with Gasteiger partial charge in [-0.3, -0.25) is 4.79 Å². The number of Topliss-reactive ketones (excluding diaryl/α,β-unsaturated/α-hetero) is 1. The zero-order chi connectivity index (χ0) is 34.5. The summed E-state index contributed by atoms with van der Waals surface area (Å²) in [4.78, 5) is 16.1. The minimum absolute atomic E-state index is 0.0767. The van der Waals surface area contributed by atoms with E-state index < -0.39 is 0 Å². The predicted molar refractivity (Wildman–Crippen MR) is 203 cm³/mol. The van der Waals surface area contributed by atoms with Gasteiger partial charge in [-0.1, -0.05) is 75.6 Å². The van der Waals surface area contributed by atoms with Crippen molar-refractivity contribution < 1.29 is 14.5 Å². The number of hydrogen-bond acceptors (Lipinski definition) is 3. The maximum Gasteiger partial charge on any atom is 0.208 e. The van der Waals surface area contributed by atoms with Crippen LogP contribution in [0.25, 0.3) is 5.57 Å². The molecule has 2 unspecified atom stereocenters. The van der Waals surface area contributed by atoms with Crippen molar-refractivity contribution in [3.8, 4) is 0 Å². The molecule has 3 aromatic rings.